The molecule has 0 saturated carbocycles. The van der Waals surface area contributed by atoms with Gasteiger partial charge in [0.25, 0.3) is 0 Å². The van der Waals surface area contributed by atoms with Gasteiger partial charge in [0.05, 0.1) is 24.4 Å². The van der Waals surface area contributed by atoms with Crippen molar-refractivity contribution in [1.82, 2.24) is 25.2 Å². The van der Waals surface area contributed by atoms with Crippen LogP contribution in [-0.4, -0.2) is 71.6 Å². The summed E-state index contributed by atoms with van der Waals surface area (Å²) in [6.07, 6.45) is 4.77. The van der Waals surface area contributed by atoms with Crippen LogP contribution in [0.1, 0.15) is 49.4 Å². The lowest BCUT2D eigenvalue weighted by atomic mass is 9.93. The second-order valence-corrected chi connectivity index (χ2v) is 9.48. The number of allylic oxidation sites excluding steroid dienone is 1. The molecule has 1 unspecified atom stereocenters. The van der Waals surface area contributed by atoms with Crippen molar-refractivity contribution in [1.29, 1.82) is 0 Å². The van der Waals surface area contributed by atoms with Crippen molar-refractivity contribution in [3.8, 4) is 0 Å². The van der Waals surface area contributed by atoms with Gasteiger partial charge in [-0.15, -0.1) is 0 Å². The number of esters is 1. The Morgan fingerprint density at radius 1 is 1.21 bits per heavy atom. The van der Waals surface area contributed by atoms with Gasteiger partial charge in [-0.25, -0.2) is 32.8 Å². The molecule has 1 aromatic heterocycles. The van der Waals surface area contributed by atoms with Crippen molar-refractivity contribution in [2.24, 2.45) is 0 Å². The molecule has 4 rings (SSSR count). The number of rotatable bonds is 9. The van der Waals surface area contributed by atoms with Crippen LogP contribution in [0.25, 0.3) is 0 Å². The molecule has 0 radical (unpaired) electrons. The first-order valence-electron chi connectivity index (χ1n) is 12.6. The van der Waals surface area contributed by atoms with Gasteiger partial charge in [-0.05, 0) is 75.6 Å². The normalized spacial score (nSPS) is 18.6. The molecule has 12 heteroatoms. The highest BCUT2D eigenvalue weighted by Gasteiger charge is 2.39. The molecule has 0 aliphatic carbocycles. The lowest BCUT2D eigenvalue weighted by Crippen LogP contribution is -2.55. The predicted octanol–water partition coefficient (Wildman–Crippen LogP) is 3.66. The van der Waals surface area contributed by atoms with Crippen molar-refractivity contribution in [3.05, 3.63) is 76.5 Å². The molecule has 0 bridgehead atoms. The topological polar surface area (TPSA) is 95.1 Å². The second kappa shape index (κ2) is 12.3. The number of hydrazine groups is 1. The highest BCUT2D eigenvalue weighted by atomic mass is 19.2. The number of hydrogen-bond donors (Lipinski definition) is 1. The summed E-state index contributed by atoms with van der Waals surface area (Å²) in [6, 6.07) is 5.21. The van der Waals surface area contributed by atoms with Gasteiger partial charge < -0.3 is 15.0 Å². The number of amides is 3. The highest BCUT2D eigenvalue weighted by molar-refractivity contribution is 5.95. The van der Waals surface area contributed by atoms with Crippen LogP contribution < -0.4 is 5.32 Å². The number of piperidine rings is 1. The maximum absolute atomic E-state index is 13.9. The summed E-state index contributed by atoms with van der Waals surface area (Å²) >= 11 is 0. The number of benzene rings is 1. The van der Waals surface area contributed by atoms with E-state index in [1.807, 2.05) is 18.2 Å². The van der Waals surface area contributed by atoms with Crippen LogP contribution in [0.15, 0.2) is 47.8 Å². The average molecular weight is 546 g/mol. The van der Waals surface area contributed by atoms with E-state index < -0.39 is 35.5 Å². The van der Waals surface area contributed by atoms with Gasteiger partial charge in [0.15, 0.2) is 17.5 Å². The Bertz CT molecular complexity index is 1230. The fraction of sp³-hybridized carbons (Fsp3) is 0.407. The van der Waals surface area contributed by atoms with Crippen molar-refractivity contribution in [2.75, 3.05) is 33.3 Å². The minimum Gasteiger partial charge on any atom is -0.466 e. The quantitative estimate of drug-likeness (QED) is 0.294. The van der Waals surface area contributed by atoms with Crippen LogP contribution in [0.4, 0.5) is 18.0 Å². The molecule has 3 amide bonds. The summed E-state index contributed by atoms with van der Waals surface area (Å²) in [4.78, 5) is 44.5. The van der Waals surface area contributed by atoms with Gasteiger partial charge >= 0.3 is 12.0 Å². The zero-order valence-electron chi connectivity index (χ0n) is 21.7. The smallest absolute Gasteiger partial charge is 0.341 e. The number of carbonyl (C=O) groups excluding carboxylic acids is 3. The molecule has 9 nitrogen and oxygen atoms in total. The van der Waals surface area contributed by atoms with Crippen LogP contribution in [0.3, 0.4) is 0 Å². The third-order valence-corrected chi connectivity index (χ3v) is 7.13. The minimum absolute atomic E-state index is 0.0454. The molecule has 2 aromatic rings. The summed E-state index contributed by atoms with van der Waals surface area (Å²) in [7, 11) is 1.11. The number of nitrogens with one attached hydrogen (secondary N) is 1. The van der Waals surface area contributed by atoms with Crippen LogP contribution in [-0.2, 0) is 14.3 Å². The number of urea groups is 1. The average Bonchev–Trinajstić information content (AvgIpc) is 2.94. The first kappa shape index (κ1) is 28.1. The van der Waals surface area contributed by atoms with E-state index in [1.165, 1.54) is 6.92 Å². The molecule has 2 aliphatic heterocycles. The van der Waals surface area contributed by atoms with Gasteiger partial charge in [-0.1, -0.05) is 6.07 Å². The SMILES string of the molecule is COC(=O)C1=C(C)N(N(C=O)CCCN2CCC(c3ccccn3)CC2)C(=O)NC1c1cc(F)c(F)c(F)c1. The third kappa shape index (κ3) is 6.06. The molecular formula is C27H30F3N5O4. The Hall–Kier alpha value is -3.93. The Morgan fingerprint density at radius 3 is 2.49 bits per heavy atom. The summed E-state index contributed by atoms with van der Waals surface area (Å²) < 4.78 is 46.2. The number of ether oxygens (including phenoxy) is 1. The van der Waals surface area contributed by atoms with Crippen LogP contribution >= 0.6 is 0 Å². The maximum atomic E-state index is 13.9. The standard InChI is InChI=1S/C27H30F3N5O4/c1-17-23(26(37)39-2)25(19-14-20(28)24(30)21(29)15-19)32-27(38)35(17)34(16-36)11-5-10-33-12-7-18(8-13-33)22-6-3-4-9-31-22/h3-4,6,9,14-16,18,25H,5,7-8,10-13H2,1-2H3,(H,32,38). The van der Waals surface area contributed by atoms with Crippen LogP contribution in [0, 0.1) is 17.5 Å². The summed E-state index contributed by atoms with van der Waals surface area (Å²) in [5.74, 6) is -5.08. The number of carbonyl (C=O) groups is 3. The largest absolute Gasteiger partial charge is 0.466 e. The molecule has 3 heterocycles. The first-order valence-corrected chi connectivity index (χ1v) is 12.6. The van der Waals surface area contributed by atoms with Gasteiger partial charge in [-0.3, -0.25) is 9.78 Å². The summed E-state index contributed by atoms with van der Waals surface area (Å²) in [5, 5.41) is 4.62. The van der Waals surface area contributed by atoms with Crippen molar-refractivity contribution < 1.29 is 32.3 Å². The number of methoxy groups -OCH3 is 1. The molecule has 1 atom stereocenters. The molecule has 0 spiro atoms. The first-order chi connectivity index (χ1) is 18.7. The molecule has 39 heavy (non-hydrogen) atoms. The summed E-state index contributed by atoms with van der Waals surface area (Å²) in [5.41, 5.74) is 0.800. The number of halogens is 3. The Labute approximate surface area is 224 Å². The lowest BCUT2D eigenvalue weighted by Gasteiger charge is -2.39. The monoisotopic (exact) mass is 545 g/mol. The molecule has 208 valence electrons. The number of nitrogens with zero attached hydrogens (tertiary/aromatic N) is 4. The number of aromatic nitrogens is 1. The van der Waals surface area contributed by atoms with Gasteiger partial charge in [0, 0.05) is 24.4 Å². The maximum Gasteiger partial charge on any atom is 0.341 e. The zero-order valence-corrected chi connectivity index (χ0v) is 21.7. The van der Waals surface area contributed by atoms with E-state index in [0.29, 0.717) is 37.4 Å². The van der Waals surface area contributed by atoms with E-state index in [4.69, 9.17) is 4.74 Å². The van der Waals surface area contributed by atoms with Crippen LogP contribution in [0.2, 0.25) is 0 Å². The number of pyridine rings is 1. The fourth-order valence-electron chi connectivity index (χ4n) is 5.13. The molecule has 1 N–H and O–H groups in total. The fourth-order valence-corrected chi connectivity index (χ4v) is 5.13. The van der Waals surface area contributed by atoms with E-state index >= 15 is 0 Å². The minimum atomic E-state index is -1.67. The predicted molar refractivity (Wildman–Crippen MR) is 134 cm³/mol. The van der Waals surface area contributed by atoms with Gasteiger partial charge in [0.1, 0.15) is 0 Å². The summed E-state index contributed by atoms with van der Waals surface area (Å²) in [6.45, 7) is 4.05. The van der Waals surface area contributed by atoms with Crippen molar-refractivity contribution >= 4 is 18.4 Å². The highest BCUT2D eigenvalue weighted by Crippen LogP contribution is 2.33. The van der Waals surface area contributed by atoms with E-state index in [2.05, 4.69) is 15.2 Å². The lowest BCUT2D eigenvalue weighted by molar-refractivity contribution is -0.138. The van der Waals surface area contributed by atoms with Crippen molar-refractivity contribution in [2.45, 2.75) is 38.1 Å². The second-order valence-electron chi connectivity index (χ2n) is 9.48. The van der Waals surface area contributed by atoms with Gasteiger partial charge in [-0.2, -0.15) is 0 Å². The van der Waals surface area contributed by atoms with Gasteiger partial charge in [0.2, 0.25) is 6.41 Å². The Balaban J connectivity index is 1.45. The molecular weight excluding hydrogens is 515 g/mol. The molecule has 1 aromatic carbocycles. The van der Waals surface area contributed by atoms with E-state index in [0.717, 1.165) is 48.8 Å². The Kier molecular flexibility index (Phi) is 8.85. The Morgan fingerprint density at radius 2 is 1.90 bits per heavy atom. The molecule has 1 saturated heterocycles. The molecule has 1 fully saturated rings. The van der Waals surface area contributed by atoms with E-state index in [9.17, 15) is 27.6 Å². The number of hydrogen-bond acceptors (Lipinski definition) is 6. The van der Waals surface area contributed by atoms with E-state index in [-0.39, 0.29) is 23.4 Å². The van der Waals surface area contributed by atoms with Crippen molar-refractivity contribution in [3.63, 3.8) is 0 Å². The van der Waals surface area contributed by atoms with E-state index in [1.54, 1.807) is 6.20 Å². The zero-order chi connectivity index (χ0) is 28.1. The van der Waals surface area contributed by atoms with Crippen LogP contribution in [0.5, 0.6) is 0 Å². The molecule has 2 aliphatic rings. The third-order valence-electron chi connectivity index (χ3n) is 7.13. The number of likely N-dealkylation sites (tertiary alicyclic amines) is 1.